The molecule has 8 nitrogen and oxygen atoms in total. The van der Waals surface area contributed by atoms with Gasteiger partial charge >= 0.3 is 0 Å². The van der Waals surface area contributed by atoms with Crippen molar-refractivity contribution in [3.05, 3.63) is 74.5 Å². The summed E-state index contributed by atoms with van der Waals surface area (Å²) in [4.78, 5) is 17.4. The molecule has 0 fully saturated rings. The van der Waals surface area contributed by atoms with Crippen LogP contribution in [-0.2, 0) is 11.4 Å². The molecule has 3 aromatic heterocycles. The summed E-state index contributed by atoms with van der Waals surface area (Å²) >= 11 is 11.2. The molecule has 1 atom stereocenters. The van der Waals surface area contributed by atoms with Crippen molar-refractivity contribution in [2.45, 2.75) is 11.8 Å². The highest BCUT2D eigenvalue weighted by atomic mass is 35.5. The molecule has 30 heavy (non-hydrogen) atoms. The molecular weight excluding hydrogens is 447 g/mol. The SMILES string of the molecule is Cc1cc(=O)c2c(N[S+]([O-])c3cn[nH]c3)cncc2n1-c1c(Cl)cc(C#N)cc1Cl. The van der Waals surface area contributed by atoms with Gasteiger partial charge in [0.1, 0.15) is 23.2 Å². The highest BCUT2D eigenvalue weighted by molar-refractivity contribution is 7.92. The van der Waals surface area contributed by atoms with Crippen LogP contribution < -0.4 is 10.2 Å². The molecular formula is C19H12Cl2N6O2S. The van der Waals surface area contributed by atoms with E-state index >= 15 is 0 Å². The van der Waals surface area contributed by atoms with E-state index < -0.39 is 11.4 Å². The van der Waals surface area contributed by atoms with E-state index in [1.165, 1.54) is 43.0 Å². The van der Waals surface area contributed by atoms with Crippen LogP contribution in [0.1, 0.15) is 11.3 Å². The summed E-state index contributed by atoms with van der Waals surface area (Å²) in [6, 6.07) is 6.42. The van der Waals surface area contributed by atoms with Crippen LogP contribution in [0.3, 0.4) is 0 Å². The predicted molar refractivity (Wildman–Crippen MR) is 115 cm³/mol. The van der Waals surface area contributed by atoms with Gasteiger partial charge < -0.3 is 9.12 Å². The maximum Gasteiger partial charge on any atom is 0.217 e. The van der Waals surface area contributed by atoms with Crippen molar-refractivity contribution in [2.24, 2.45) is 0 Å². The van der Waals surface area contributed by atoms with Crippen molar-refractivity contribution < 1.29 is 4.55 Å². The third kappa shape index (κ3) is 3.51. The van der Waals surface area contributed by atoms with Gasteiger partial charge in [-0.25, -0.2) is 4.72 Å². The number of benzene rings is 1. The molecule has 0 bridgehead atoms. The minimum Gasteiger partial charge on any atom is -0.588 e. The average molecular weight is 459 g/mol. The van der Waals surface area contributed by atoms with Crippen LogP contribution in [0.5, 0.6) is 0 Å². The summed E-state index contributed by atoms with van der Waals surface area (Å²) in [5.74, 6) is 0. The Balaban J connectivity index is 1.96. The molecule has 0 aliphatic rings. The molecule has 0 saturated heterocycles. The van der Waals surface area contributed by atoms with E-state index in [4.69, 9.17) is 28.5 Å². The third-order valence-electron chi connectivity index (χ3n) is 4.37. The van der Waals surface area contributed by atoms with E-state index in [0.29, 0.717) is 27.4 Å². The minimum atomic E-state index is -1.66. The lowest BCUT2D eigenvalue weighted by Gasteiger charge is -2.19. The van der Waals surface area contributed by atoms with Crippen LogP contribution in [0.2, 0.25) is 10.0 Å². The molecule has 4 rings (SSSR count). The minimum absolute atomic E-state index is 0.243. The van der Waals surface area contributed by atoms with E-state index in [1.807, 2.05) is 6.07 Å². The van der Waals surface area contributed by atoms with Crippen LogP contribution >= 0.6 is 23.2 Å². The van der Waals surface area contributed by atoms with Gasteiger partial charge in [-0.15, -0.1) is 0 Å². The second-order valence-corrected chi connectivity index (χ2v) is 8.30. The second-order valence-electron chi connectivity index (χ2n) is 6.27. The number of nitrogens with one attached hydrogen (secondary N) is 2. The molecule has 0 aliphatic carbocycles. The molecule has 0 saturated carbocycles. The Kier molecular flexibility index (Phi) is 5.40. The van der Waals surface area contributed by atoms with Crippen molar-refractivity contribution in [2.75, 3.05) is 4.72 Å². The molecule has 4 aromatic rings. The van der Waals surface area contributed by atoms with E-state index in [-0.39, 0.29) is 26.5 Å². The van der Waals surface area contributed by atoms with Crippen molar-refractivity contribution >= 4 is 51.2 Å². The first-order valence-electron chi connectivity index (χ1n) is 8.48. The Morgan fingerprint density at radius 1 is 1.23 bits per heavy atom. The van der Waals surface area contributed by atoms with E-state index in [1.54, 1.807) is 11.5 Å². The van der Waals surface area contributed by atoms with Gasteiger partial charge in [0.05, 0.1) is 56.9 Å². The number of pyridine rings is 2. The number of aromatic amines is 1. The fraction of sp³-hybridized carbons (Fsp3) is 0.0526. The van der Waals surface area contributed by atoms with Crippen molar-refractivity contribution in [3.63, 3.8) is 0 Å². The fourth-order valence-electron chi connectivity index (χ4n) is 3.11. The average Bonchev–Trinajstić information content (AvgIpc) is 3.24. The molecule has 11 heteroatoms. The summed E-state index contributed by atoms with van der Waals surface area (Å²) in [6.07, 6.45) is 5.82. The van der Waals surface area contributed by atoms with Crippen molar-refractivity contribution in [1.82, 2.24) is 19.7 Å². The number of nitrogens with zero attached hydrogens (tertiary/aromatic N) is 4. The van der Waals surface area contributed by atoms with Gasteiger partial charge in [-0.2, -0.15) is 10.4 Å². The zero-order valence-corrected chi connectivity index (χ0v) is 17.6. The summed E-state index contributed by atoms with van der Waals surface area (Å²) in [5.41, 5.74) is 1.71. The first kappa shape index (κ1) is 20.3. The van der Waals surface area contributed by atoms with Crippen LogP contribution in [0.4, 0.5) is 5.69 Å². The number of halogens is 2. The molecule has 1 unspecified atom stereocenters. The van der Waals surface area contributed by atoms with E-state index in [9.17, 15) is 9.35 Å². The number of H-pyrrole nitrogens is 1. The van der Waals surface area contributed by atoms with Gasteiger partial charge in [-0.3, -0.25) is 14.9 Å². The van der Waals surface area contributed by atoms with E-state index in [0.717, 1.165) is 0 Å². The molecule has 1 aromatic carbocycles. The topological polar surface area (TPSA) is 122 Å². The van der Waals surface area contributed by atoms with Crippen molar-refractivity contribution in [1.29, 1.82) is 5.26 Å². The summed E-state index contributed by atoms with van der Waals surface area (Å²) in [6.45, 7) is 1.73. The van der Waals surface area contributed by atoms with Crippen LogP contribution in [-0.4, -0.2) is 24.3 Å². The summed E-state index contributed by atoms with van der Waals surface area (Å²) in [7, 11) is 0. The number of aromatic nitrogens is 4. The summed E-state index contributed by atoms with van der Waals surface area (Å²) in [5, 5.41) is 16.3. The second kappa shape index (κ2) is 8.01. The number of hydrogen-bond acceptors (Lipinski definition) is 6. The normalized spacial score (nSPS) is 12.0. The van der Waals surface area contributed by atoms with Crippen molar-refractivity contribution in [3.8, 4) is 11.8 Å². The highest BCUT2D eigenvalue weighted by Crippen LogP contribution is 2.34. The Morgan fingerprint density at radius 3 is 2.60 bits per heavy atom. The number of fused-ring (bicyclic) bond motifs is 1. The van der Waals surface area contributed by atoms with E-state index in [2.05, 4.69) is 19.9 Å². The third-order valence-corrected chi connectivity index (χ3v) is 6.00. The summed E-state index contributed by atoms with van der Waals surface area (Å²) < 4.78 is 17.0. The molecule has 150 valence electrons. The lowest BCUT2D eigenvalue weighted by Crippen LogP contribution is -2.17. The maximum absolute atomic E-state index is 12.8. The van der Waals surface area contributed by atoms with Crippen LogP contribution in [0.15, 0.2) is 52.7 Å². The Hall–Kier alpha value is -3.03. The number of rotatable bonds is 4. The Morgan fingerprint density at radius 2 is 1.97 bits per heavy atom. The molecule has 3 heterocycles. The Bertz CT molecular complexity index is 1340. The molecule has 0 spiro atoms. The zero-order valence-electron chi connectivity index (χ0n) is 15.3. The number of aryl methyl sites for hydroxylation is 1. The lowest BCUT2D eigenvalue weighted by atomic mass is 10.1. The Labute approximate surface area is 183 Å². The molecule has 0 amide bonds. The predicted octanol–water partition coefficient (Wildman–Crippen LogP) is 3.73. The van der Waals surface area contributed by atoms with Gasteiger partial charge in [-0.05, 0) is 19.1 Å². The first-order chi connectivity index (χ1) is 14.4. The molecule has 0 aliphatic heterocycles. The van der Waals surface area contributed by atoms with Gasteiger partial charge in [0.25, 0.3) is 0 Å². The number of hydrogen-bond donors (Lipinski definition) is 2. The zero-order chi connectivity index (χ0) is 21.4. The molecule has 0 radical (unpaired) electrons. The quantitative estimate of drug-likeness (QED) is 0.449. The fourth-order valence-corrected chi connectivity index (χ4v) is 4.55. The smallest absolute Gasteiger partial charge is 0.217 e. The van der Waals surface area contributed by atoms with Crippen LogP contribution in [0.25, 0.3) is 16.6 Å². The van der Waals surface area contributed by atoms with Gasteiger partial charge in [-0.1, -0.05) is 23.2 Å². The number of nitriles is 1. The first-order valence-corrected chi connectivity index (χ1v) is 10.4. The lowest BCUT2D eigenvalue weighted by molar-refractivity contribution is 0.600. The largest absolute Gasteiger partial charge is 0.588 e. The van der Waals surface area contributed by atoms with Gasteiger partial charge in [0.2, 0.25) is 4.90 Å². The van der Waals surface area contributed by atoms with Gasteiger partial charge in [0.15, 0.2) is 5.43 Å². The monoisotopic (exact) mass is 458 g/mol. The highest BCUT2D eigenvalue weighted by Gasteiger charge is 2.20. The van der Waals surface area contributed by atoms with Gasteiger partial charge in [0, 0.05) is 11.8 Å². The van der Waals surface area contributed by atoms with Crippen LogP contribution in [0, 0.1) is 18.3 Å². The maximum atomic E-state index is 12.8. The number of anilines is 1. The standard InChI is InChI=1S/C19H12Cl2N6O2S/c1-10-2-17(28)18-15(26-30(29)12-6-24-25-7-12)8-23-9-16(18)27(10)19-13(20)3-11(5-22)4-14(19)21/h2-4,6-9,26H,1H3,(H,24,25). The molecule has 2 N–H and O–H groups in total.